The first-order valence-electron chi connectivity index (χ1n) is 9.11. The summed E-state index contributed by atoms with van der Waals surface area (Å²) in [6, 6.07) is 11.4. The maximum absolute atomic E-state index is 6.73. The van der Waals surface area contributed by atoms with Gasteiger partial charge in [-0.2, -0.15) is 0 Å². The first kappa shape index (κ1) is 16.5. The van der Waals surface area contributed by atoms with E-state index in [9.17, 15) is 0 Å². The highest BCUT2D eigenvalue weighted by atomic mass is 14.7. The third-order valence-corrected chi connectivity index (χ3v) is 5.42. The molecular formula is C20H33N. The lowest BCUT2D eigenvalue weighted by Crippen LogP contribution is -2.46. The molecule has 1 aromatic carbocycles. The van der Waals surface area contributed by atoms with Gasteiger partial charge in [0.05, 0.1) is 0 Å². The van der Waals surface area contributed by atoms with Gasteiger partial charge in [0.15, 0.2) is 0 Å². The van der Waals surface area contributed by atoms with Gasteiger partial charge in [-0.3, -0.25) is 0 Å². The van der Waals surface area contributed by atoms with Gasteiger partial charge >= 0.3 is 0 Å². The van der Waals surface area contributed by atoms with Crippen molar-refractivity contribution in [1.82, 2.24) is 0 Å². The lowest BCUT2D eigenvalue weighted by molar-refractivity contribution is 0.230. The molecule has 0 heterocycles. The molecule has 1 aliphatic rings. The van der Waals surface area contributed by atoms with Gasteiger partial charge in [-0.15, -0.1) is 0 Å². The first-order valence-corrected chi connectivity index (χ1v) is 9.11. The standard InChI is InChI=1S/C20H33N/c1-2-3-4-5-10-15-19(21)20(16-11-7-12-17-20)18-13-8-6-9-14-18/h6,8-9,13-14,19H,2-5,7,10-12,15-17,21H2,1H3. The zero-order valence-corrected chi connectivity index (χ0v) is 13.8. The van der Waals surface area contributed by atoms with Crippen LogP contribution in [0.2, 0.25) is 0 Å². The molecule has 1 aromatic rings. The molecule has 0 spiro atoms. The molecule has 1 nitrogen and oxygen atoms in total. The number of benzene rings is 1. The number of hydrogen-bond donors (Lipinski definition) is 1. The number of hydrogen-bond acceptors (Lipinski definition) is 1. The highest BCUT2D eigenvalue weighted by Gasteiger charge is 2.38. The minimum absolute atomic E-state index is 0.254. The van der Waals surface area contributed by atoms with Crippen molar-refractivity contribution in [1.29, 1.82) is 0 Å². The van der Waals surface area contributed by atoms with Crippen LogP contribution < -0.4 is 5.73 Å². The molecule has 0 aromatic heterocycles. The van der Waals surface area contributed by atoms with Crippen LogP contribution in [0, 0.1) is 0 Å². The van der Waals surface area contributed by atoms with Gasteiger partial charge in [-0.25, -0.2) is 0 Å². The third kappa shape index (κ3) is 4.32. The smallest absolute Gasteiger partial charge is 0.0136 e. The Bertz CT molecular complexity index is 378. The van der Waals surface area contributed by atoms with Gasteiger partial charge in [0.25, 0.3) is 0 Å². The van der Waals surface area contributed by atoms with Crippen LogP contribution in [0.5, 0.6) is 0 Å². The number of rotatable bonds is 8. The van der Waals surface area contributed by atoms with Gasteiger partial charge in [0, 0.05) is 11.5 Å². The summed E-state index contributed by atoms with van der Waals surface area (Å²) in [5.74, 6) is 0. The third-order valence-electron chi connectivity index (χ3n) is 5.42. The average molecular weight is 287 g/mol. The largest absolute Gasteiger partial charge is 0.327 e. The van der Waals surface area contributed by atoms with Crippen molar-refractivity contribution < 1.29 is 0 Å². The highest BCUT2D eigenvalue weighted by Crippen LogP contribution is 2.42. The van der Waals surface area contributed by atoms with Crippen molar-refractivity contribution in [2.75, 3.05) is 0 Å². The molecule has 1 heteroatoms. The number of nitrogens with two attached hydrogens (primary N) is 1. The van der Waals surface area contributed by atoms with Gasteiger partial charge < -0.3 is 5.73 Å². The molecule has 2 N–H and O–H groups in total. The molecular weight excluding hydrogens is 254 g/mol. The van der Waals surface area contributed by atoms with E-state index in [0.717, 1.165) is 0 Å². The van der Waals surface area contributed by atoms with Gasteiger partial charge in [0.1, 0.15) is 0 Å². The second-order valence-corrected chi connectivity index (χ2v) is 6.89. The van der Waals surface area contributed by atoms with Crippen LogP contribution in [0.3, 0.4) is 0 Å². The van der Waals surface area contributed by atoms with Crippen molar-refractivity contribution in [3.8, 4) is 0 Å². The van der Waals surface area contributed by atoms with E-state index in [1.807, 2.05) is 0 Å². The van der Waals surface area contributed by atoms with E-state index < -0.39 is 0 Å². The van der Waals surface area contributed by atoms with Crippen LogP contribution in [0.15, 0.2) is 30.3 Å². The second kappa shape index (κ2) is 8.58. The van der Waals surface area contributed by atoms with Crippen LogP contribution in [-0.4, -0.2) is 6.04 Å². The summed E-state index contributed by atoms with van der Waals surface area (Å²) in [4.78, 5) is 0. The van der Waals surface area contributed by atoms with Crippen molar-refractivity contribution in [2.24, 2.45) is 5.73 Å². The molecule has 1 atom stereocenters. The molecule has 0 aliphatic heterocycles. The normalized spacial score (nSPS) is 19.3. The average Bonchev–Trinajstić information content (AvgIpc) is 2.56. The molecule has 118 valence electrons. The van der Waals surface area contributed by atoms with Crippen LogP contribution in [-0.2, 0) is 5.41 Å². The molecule has 1 aliphatic carbocycles. The van der Waals surface area contributed by atoms with Crippen LogP contribution in [0.25, 0.3) is 0 Å². The fourth-order valence-corrected chi connectivity index (χ4v) is 4.07. The van der Waals surface area contributed by atoms with Crippen LogP contribution >= 0.6 is 0 Å². The molecule has 0 radical (unpaired) electrons. The SMILES string of the molecule is CCCCCCCC(N)C1(c2ccccc2)CCCCC1. The predicted molar refractivity (Wildman–Crippen MR) is 92.6 cm³/mol. The van der Waals surface area contributed by atoms with Crippen LogP contribution in [0.1, 0.15) is 83.1 Å². The second-order valence-electron chi connectivity index (χ2n) is 6.89. The molecule has 0 saturated heterocycles. The summed E-state index contributed by atoms with van der Waals surface area (Å²) in [6.45, 7) is 2.28. The maximum Gasteiger partial charge on any atom is 0.0136 e. The van der Waals surface area contributed by atoms with Gasteiger partial charge in [-0.1, -0.05) is 88.6 Å². The van der Waals surface area contributed by atoms with E-state index in [0.29, 0.717) is 6.04 Å². The summed E-state index contributed by atoms with van der Waals surface area (Å²) < 4.78 is 0. The Kier molecular flexibility index (Phi) is 6.76. The quantitative estimate of drug-likeness (QED) is 0.621. The molecule has 2 rings (SSSR count). The molecule has 0 amide bonds. The molecule has 1 saturated carbocycles. The van der Waals surface area contributed by atoms with Crippen LogP contribution in [0.4, 0.5) is 0 Å². The molecule has 1 fully saturated rings. The summed E-state index contributed by atoms with van der Waals surface area (Å²) >= 11 is 0. The monoisotopic (exact) mass is 287 g/mol. The van der Waals surface area contributed by atoms with Crippen molar-refractivity contribution >= 4 is 0 Å². The minimum atomic E-state index is 0.254. The first-order chi connectivity index (χ1) is 10.3. The molecule has 0 bridgehead atoms. The summed E-state index contributed by atoms with van der Waals surface area (Å²) in [7, 11) is 0. The highest BCUT2D eigenvalue weighted by molar-refractivity contribution is 5.28. The fourth-order valence-electron chi connectivity index (χ4n) is 4.07. The summed E-state index contributed by atoms with van der Waals surface area (Å²) in [5.41, 5.74) is 8.48. The Balaban J connectivity index is 1.99. The molecule has 21 heavy (non-hydrogen) atoms. The van der Waals surface area contributed by atoms with E-state index >= 15 is 0 Å². The summed E-state index contributed by atoms with van der Waals surface area (Å²) in [5, 5.41) is 0. The van der Waals surface area contributed by atoms with E-state index in [2.05, 4.69) is 37.3 Å². The zero-order chi connectivity index (χ0) is 15.0. The Morgan fingerprint density at radius 1 is 0.952 bits per heavy atom. The van der Waals surface area contributed by atoms with Crippen molar-refractivity contribution in [3.63, 3.8) is 0 Å². The van der Waals surface area contributed by atoms with Gasteiger partial charge in [0.2, 0.25) is 0 Å². The van der Waals surface area contributed by atoms with Gasteiger partial charge in [-0.05, 0) is 24.8 Å². The minimum Gasteiger partial charge on any atom is -0.327 e. The zero-order valence-electron chi connectivity index (χ0n) is 13.8. The lowest BCUT2D eigenvalue weighted by atomic mass is 9.64. The fraction of sp³-hybridized carbons (Fsp3) is 0.700. The Morgan fingerprint density at radius 3 is 2.29 bits per heavy atom. The Morgan fingerprint density at radius 2 is 1.62 bits per heavy atom. The topological polar surface area (TPSA) is 26.0 Å². The van der Waals surface area contributed by atoms with E-state index in [1.54, 1.807) is 0 Å². The Labute approximate surface area is 131 Å². The predicted octanol–water partition coefficient (Wildman–Crippen LogP) is 5.58. The van der Waals surface area contributed by atoms with E-state index in [1.165, 1.54) is 76.2 Å². The van der Waals surface area contributed by atoms with E-state index in [-0.39, 0.29) is 5.41 Å². The lowest BCUT2D eigenvalue weighted by Gasteiger charge is -2.43. The number of unbranched alkanes of at least 4 members (excludes halogenated alkanes) is 4. The molecule has 1 unspecified atom stereocenters. The summed E-state index contributed by atoms with van der Waals surface area (Å²) in [6.07, 6.45) is 14.6. The van der Waals surface area contributed by atoms with Crippen molar-refractivity contribution in [3.05, 3.63) is 35.9 Å². The Hall–Kier alpha value is -0.820. The maximum atomic E-state index is 6.73. The van der Waals surface area contributed by atoms with E-state index in [4.69, 9.17) is 5.73 Å². The van der Waals surface area contributed by atoms with Crippen molar-refractivity contribution in [2.45, 2.75) is 89.0 Å².